The highest BCUT2D eigenvalue weighted by Crippen LogP contribution is 2.36. The summed E-state index contributed by atoms with van der Waals surface area (Å²) in [5, 5.41) is 42.2. The van der Waals surface area contributed by atoms with Gasteiger partial charge in [0, 0.05) is 0 Å². The van der Waals surface area contributed by atoms with Gasteiger partial charge in [0.15, 0.2) is 0 Å². The van der Waals surface area contributed by atoms with E-state index in [0.29, 0.717) is 22.3 Å². The quantitative estimate of drug-likeness (QED) is 0.619. The molecule has 28 heavy (non-hydrogen) atoms. The van der Waals surface area contributed by atoms with Gasteiger partial charge in [-0.05, 0) is 113 Å². The molecule has 0 amide bonds. The van der Waals surface area contributed by atoms with Crippen LogP contribution in [-0.2, 0) is 22.4 Å². The number of hydrogen-bond acceptors (Lipinski definition) is 4. The van der Waals surface area contributed by atoms with E-state index in [4.69, 9.17) is 0 Å². The maximum Gasteiger partial charge on any atom is 0.0840 e. The molecule has 0 heterocycles. The minimum absolute atomic E-state index is 0.681. The van der Waals surface area contributed by atoms with Crippen LogP contribution in [0, 0.1) is 0 Å². The third kappa shape index (κ3) is 5.21. The van der Waals surface area contributed by atoms with E-state index in [1.54, 1.807) is 67.5 Å². The van der Waals surface area contributed by atoms with Gasteiger partial charge in [-0.15, -0.1) is 0 Å². The number of aliphatic hydroxyl groups is 4. The summed E-state index contributed by atoms with van der Waals surface area (Å²) < 4.78 is 0. The Morgan fingerprint density at radius 3 is 0.714 bits per heavy atom. The summed E-state index contributed by atoms with van der Waals surface area (Å²) in [6.45, 7) is 13.6. The predicted octanol–water partition coefficient (Wildman–Crippen LogP) is 4.26. The van der Waals surface area contributed by atoms with Gasteiger partial charge in [0.05, 0.1) is 22.4 Å². The van der Waals surface area contributed by atoms with E-state index in [1.807, 2.05) is 24.3 Å². The molecule has 2 aromatic carbocycles. The summed E-state index contributed by atoms with van der Waals surface area (Å²) in [5.74, 6) is 0. The zero-order valence-electron chi connectivity index (χ0n) is 18.3. The molecule has 0 atom stereocenters. The van der Waals surface area contributed by atoms with Crippen molar-refractivity contribution in [1.29, 1.82) is 0 Å². The van der Waals surface area contributed by atoms with E-state index in [0.717, 1.165) is 11.1 Å². The van der Waals surface area contributed by atoms with E-state index in [1.165, 1.54) is 0 Å². The van der Waals surface area contributed by atoms with Crippen molar-refractivity contribution in [2.24, 2.45) is 0 Å². The molecular formula is C24H34O4. The van der Waals surface area contributed by atoms with Crippen LogP contribution >= 0.6 is 0 Å². The van der Waals surface area contributed by atoms with Crippen LogP contribution in [0.15, 0.2) is 36.4 Å². The Balaban J connectivity index is 2.83. The monoisotopic (exact) mass is 386 g/mol. The van der Waals surface area contributed by atoms with Crippen LogP contribution in [0.25, 0.3) is 11.1 Å². The van der Waals surface area contributed by atoms with Crippen molar-refractivity contribution in [3.05, 3.63) is 58.7 Å². The molecule has 2 aromatic rings. The summed E-state index contributed by atoms with van der Waals surface area (Å²) in [7, 11) is 0. The lowest BCUT2D eigenvalue weighted by molar-refractivity contribution is 0.0705. The summed E-state index contributed by atoms with van der Waals surface area (Å²) >= 11 is 0. The van der Waals surface area contributed by atoms with Crippen molar-refractivity contribution in [2.75, 3.05) is 0 Å². The van der Waals surface area contributed by atoms with Gasteiger partial charge in [-0.25, -0.2) is 0 Å². The number of rotatable bonds is 5. The van der Waals surface area contributed by atoms with E-state index >= 15 is 0 Å². The molecule has 0 spiro atoms. The molecule has 0 radical (unpaired) electrons. The zero-order valence-corrected chi connectivity index (χ0v) is 18.3. The molecule has 4 heteroatoms. The lowest BCUT2D eigenvalue weighted by Gasteiger charge is -2.27. The zero-order chi connectivity index (χ0) is 21.7. The lowest BCUT2D eigenvalue weighted by atomic mass is 9.84. The highest BCUT2D eigenvalue weighted by atomic mass is 16.3. The van der Waals surface area contributed by atoms with E-state index in [9.17, 15) is 20.4 Å². The van der Waals surface area contributed by atoms with Gasteiger partial charge < -0.3 is 20.4 Å². The van der Waals surface area contributed by atoms with Crippen LogP contribution in [-0.4, -0.2) is 20.4 Å². The standard InChI is InChI=1S/C24H34O4/c1-21(2,25)17-9-15(10-18(13-17)22(3,4)26)16-11-19(23(5,6)27)14-20(12-16)24(7,8)28/h9-14,25-28H,1-8H3. The second kappa shape index (κ2) is 6.96. The maximum atomic E-state index is 10.6. The Bertz CT molecular complexity index is 716. The first-order chi connectivity index (χ1) is 12.4. The molecule has 0 aliphatic rings. The van der Waals surface area contributed by atoms with Crippen molar-refractivity contribution < 1.29 is 20.4 Å². The first-order valence-electron chi connectivity index (χ1n) is 9.61. The summed E-state index contributed by atoms with van der Waals surface area (Å²) in [4.78, 5) is 0. The summed E-state index contributed by atoms with van der Waals surface area (Å²) in [5.41, 5.74) is 0.00159. The Labute approximate surface area is 168 Å². The Hall–Kier alpha value is -1.72. The Kier molecular flexibility index (Phi) is 5.61. The Morgan fingerprint density at radius 1 is 0.393 bits per heavy atom. The topological polar surface area (TPSA) is 80.9 Å². The molecule has 0 aliphatic heterocycles. The first kappa shape index (κ1) is 22.6. The van der Waals surface area contributed by atoms with Crippen LogP contribution in [0.2, 0.25) is 0 Å². The molecule has 4 nitrogen and oxygen atoms in total. The SMILES string of the molecule is CC(C)(O)c1cc(-c2cc(C(C)(C)O)cc(C(C)(C)O)c2)cc(C(C)(C)O)c1. The van der Waals surface area contributed by atoms with Gasteiger partial charge in [0.2, 0.25) is 0 Å². The molecule has 0 saturated heterocycles. The number of hydrogen-bond donors (Lipinski definition) is 4. The van der Waals surface area contributed by atoms with Gasteiger partial charge in [-0.2, -0.15) is 0 Å². The first-order valence-corrected chi connectivity index (χ1v) is 9.61. The van der Waals surface area contributed by atoms with Crippen LogP contribution < -0.4 is 0 Å². The van der Waals surface area contributed by atoms with Gasteiger partial charge in [-0.3, -0.25) is 0 Å². The average Bonchev–Trinajstić information content (AvgIpc) is 2.50. The molecule has 0 fully saturated rings. The highest BCUT2D eigenvalue weighted by Gasteiger charge is 2.26. The molecule has 2 rings (SSSR count). The van der Waals surface area contributed by atoms with E-state index < -0.39 is 22.4 Å². The molecular weight excluding hydrogens is 352 g/mol. The van der Waals surface area contributed by atoms with Gasteiger partial charge >= 0.3 is 0 Å². The van der Waals surface area contributed by atoms with Crippen molar-refractivity contribution in [3.8, 4) is 11.1 Å². The van der Waals surface area contributed by atoms with E-state index in [2.05, 4.69) is 0 Å². The molecule has 154 valence electrons. The van der Waals surface area contributed by atoms with Gasteiger partial charge in [-0.1, -0.05) is 12.1 Å². The highest BCUT2D eigenvalue weighted by molar-refractivity contribution is 5.68. The molecule has 4 N–H and O–H groups in total. The van der Waals surface area contributed by atoms with Crippen molar-refractivity contribution in [2.45, 2.75) is 77.8 Å². The second-order valence-corrected chi connectivity index (χ2v) is 9.83. The summed E-state index contributed by atoms with van der Waals surface area (Å²) in [6.07, 6.45) is 0. The largest absolute Gasteiger partial charge is 0.386 e. The predicted molar refractivity (Wildman–Crippen MR) is 113 cm³/mol. The van der Waals surface area contributed by atoms with Crippen LogP contribution in [0.5, 0.6) is 0 Å². The third-order valence-corrected chi connectivity index (χ3v) is 5.03. The molecule has 0 saturated carbocycles. The lowest BCUT2D eigenvalue weighted by Crippen LogP contribution is -2.21. The molecule has 0 bridgehead atoms. The van der Waals surface area contributed by atoms with Crippen molar-refractivity contribution in [3.63, 3.8) is 0 Å². The van der Waals surface area contributed by atoms with Gasteiger partial charge in [0.1, 0.15) is 0 Å². The fourth-order valence-corrected chi connectivity index (χ4v) is 3.00. The van der Waals surface area contributed by atoms with Crippen molar-refractivity contribution in [1.82, 2.24) is 0 Å². The van der Waals surface area contributed by atoms with E-state index in [-0.39, 0.29) is 0 Å². The molecule has 0 aliphatic carbocycles. The van der Waals surface area contributed by atoms with Crippen molar-refractivity contribution >= 4 is 0 Å². The van der Waals surface area contributed by atoms with Gasteiger partial charge in [0.25, 0.3) is 0 Å². The molecule has 0 unspecified atom stereocenters. The fraction of sp³-hybridized carbons (Fsp3) is 0.500. The third-order valence-electron chi connectivity index (χ3n) is 5.03. The average molecular weight is 387 g/mol. The molecule has 0 aromatic heterocycles. The second-order valence-electron chi connectivity index (χ2n) is 9.83. The van der Waals surface area contributed by atoms with Crippen LogP contribution in [0.1, 0.15) is 77.6 Å². The summed E-state index contributed by atoms with van der Waals surface area (Å²) in [6, 6.07) is 11.1. The smallest absolute Gasteiger partial charge is 0.0840 e. The maximum absolute atomic E-state index is 10.6. The van der Waals surface area contributed by atoms with Crippen LogP contribution in [0.3, 0.4) is 0 Å². The minimum atomic E-state index is -1.08. The Morgan fingerprint density at radius 2 is 0.571 bits per heavy atom. The fourth-order valence-electron chi connectivity index (χ4n) is 3.00. The normalized spacial score (nSPS) is 13.7. The minimum Gasteiger partial charge on any atom is -0.386 e. The van der Waals surface area contributed by atoms with Crippen LogP contribution in [0.4, 0.5) is 0 Å². The number of benzene rings is 2.